The van der Waals surface area contributed by atoms with Crippen LogP contribution in [0.3, 0.4) is 0 Å². The molecule has 0 unspecified atom stereocenters. The number of carbonyl (C=O) groups excluding carboxylic acids is 1. The van der Waals surface area contributed by atoms with Crippen molar-refractivity contribution in [3.63, 3.8) is 0 Å². The minimum atomic E-state index is -1.19. The molecule has 2 aromatic rings. The first-order valence-electron chi connectivity index (χ1n) is 6.47. The summed E-state index contributed by atoms with van der Waals surface area (Å²) in [5.74, 6) is -4.27. The van der Waals surface area contributed by atoms with E-state index >= 15 is 0 Å². The predicted octanol–water partition coefficient (Wildman–Crippen LogP) is 2.96. The molecule has 2 N–H and O–H groups in total. The first-order valence-corrected chi connectivity index (χ1v) is 6.85. The van der Waals surface area contributed by atoms with Gasteiger partial charge in [0.1, 0.15) is 0 Å². The Balaban J connectivity index is 2.31. The van der Waals surface area contributed by atoms with Crippen LogP contribution in [0.25, 0.3) is 0 Å². The van der Waals surface area contributed by atoms with E-state index < -0.39 is 41.8 Å². The van der Waals surface area contributed by atoms with Gasteiger partial charge in [-0.15, -0.1) is 0 Å². The summed E-state index contributed by atoms with van der Waals surface area (Å²) in [5.41, 5.74) is -0.408. The number of amides is 1. The summed E-state index contributed by atoms with van der Waals surface area (Å²) in [6.07, 6.45) is -0.480. The van der Waals surface area contributed by atoms with Gasteiger partial charge in [-0.2, -0.15) is 4.39 Å². The SMILES string of the molecule is O=C(O)C[C@H](NC(=O)c1nc(F)ccc1F)c1ccccc1Cl. The van der Waals surface area contributed by atoms with Crippen LogP contribution in [-0.4, -0.2) is 22.0 Å². The summed E-state index contributed by atoms with van der Waals surface area (Å²) in [4.78, 5) is 26.3. The van der Waals surface area contributed by atoms with E-state index in [1.54, 1.807) is 12.1 Å². The highest BCUT2D eigenvalue weighted by molar-refractivity contribution is 6.31. The number of halogens is 3. The molecule has 23 heavy (non-hydrogen) atoms. The van der Waals surface area contributed by atoms with Crippen LogP contribution in [0.1, 0.15) is 28.5 Å². The van der Waals surface area contributed by atoms with Gasteiger partial charge >= 0.3 is 5.97 Å². The molecule has 1 atom stereocenters. The quantitative estimate of drug-likeness (QED) is 0.820. The Morgan fingerprint density at radius 1 is 1.22 bits per heavy atom. The third kappa shape index (κ3) is 4.23. The topological polar surface area (TPSA) is 79.3 Å². The van der Waals surface area contributed by atoms with E-state index in [-0.39, 0.29) is 5.02 Å². The van der Waals surface area contributed by atoms with Crippen molar-refractivity contribution in [2.24, 2.45) is 0 Å². The van der Waals surface area contributed by atoms with E-state index in [1.807, 2.05) is 0 Å². The van der Waals surface area contributed by atoms with Crippen molar-refractivity contribution in [3.8, 4) is 0 Å². The summed E-state index contributed by atoms with van der Waals surface area (Å²) < 4.78 is 26.7. The van der Waals surface area contributed by atoms with E-state index in [2.05, 4.69) is 10.3 Å². The maximum absolute atomic E-state index is 13.6. The maximum atomic E-state index is 13.6. The number of nitrogens with zero attached hydrogens (tertiary/aromatic N) is 1. The molecule has 0 aliphatic rings. The minimum Gasteiger partial charge on any atom is -0.481 e. The lowest BCUT2D eigenvalue weighted by molar-refractivity contribution is -0.137. The number of hydrogen-bond acceptors (Lipinski definition) is 3. The highest BCUT2D eigenvalue weighted by Crippen LogP contribution is 2.25. The highest BCUT2D eigenvalue weighted by Gasteiger charge is 2.23. The van der Waals surface area contributed by atoms with Crippen molar-refractivity contribution < 1.29 is 23.5 Å². The van der Waals surface area contributed by atoms with Crippen LogP contribution < -0.4 is 5.32 Å². The highest BCUT2D eigenvalue weighted by atomic mass is 35.5. The summed E-state index contributed by atoms with van der Waals surface area (Å²) in [6.45, 7) is 0. The van der Waals surface area contributed by atoms with Crippen LogP contribution >= 0.6 is 11.6 Å². The van der Waals surface area contributed by atoms with Crippen molar-refractivity contribution in [1.29, 1.82) is 0 Å². The molecule has 1 aromatic carbocycles. The molecule has 0 bridgehead atoms. The van der Waals surface area contributed by atoms with Gasteiger partial charge in [-0.05, 0) is 23.8 Å². The normalized spacial score (nSPS) is 11.8. The molecule has 2 rings (SSSR count). The average Bonchev–Trinajstić information content (AvgIpc) is 2.49. The van der Waals surface area contributed by atoms with Gasteiger partial charge in [-0.3, -0.25) is 9.59 Å². The number of rotatable bonds is 5. The predicted molar refractivity (Wildman–Crippen MR) is 78.1 cm³/mol. The van der Waals surface area contributed by atoms with Gasteiger partial charge < -0.3 is 10.4 Å². The zero-order valence-corrected chi connectivity index (χ0v) is 12.3. The molecule has 120 valence electrons. The molecule has 0 radical (unpaired) electrons. The van der Waals surface area contributed by atoms with Gasteiger partial charge in [0.15, 0.2) is 11.5 Å². The Morgan fingerprint density at radius 3 is 2.57 bits per heavy atom. The smallest absolute Gasteiger partial charge is 0.305 e. The van der Waals surface area contributed by atoms with Crippen molar-refractivity contribution in [3.05, 3.63) is 64.4 Å². The molecule has 0 fully saturated rings. The number of carboxylic acids is 1. The first-order chi connectivity index (χ1) is 10.9. The molecule has 0 spiro atoms. The summed E-state index contributed by atoms with van der Waals surface area (Å²) >= 11 is 5.99. The molecule has 1 amide bonds. The fourth-order valence-corrected chi connectivity index (χ4v) is 2.24. The molecule has 0 saturated heterocycles. The zero-order valence-electron chi connectivity index (χ0n) is 11.6. The fourth-order valence-electron chi connectivity index (χ4n) is 1.98. The number of nitrogens with one attached hydrogen (secondary N) is 1. The molecule has 8 heteroatoms. The van der Waals surface area contributed by atoms with Crippen molar-refractivity contribution in [1.82, 2.24) is 10.3 Å². The number of benzene rings is 1. The Labute approximate surface area is 134 Å². The maximum Gasteiger partial charge on any atom is 0.305 e. The van der Waals surface area contributed by atoms with Crippen LogP contribution in [0.15, 0.2) is 36.4 Å². The molecule has 1 aromatic heterocycles. The van der Waals surface area contributed by atoms with Crippen LogP contribution in [0, 0.1) is 11.8 Å². The second kappa shape index (κ2) is 7.15. The van der Waals surface area contributed by atoms with E-state index in [1.165, 1.54) is 12.1 Å². The Bertz CT molecular complexity index is 755. The van der Waals surface area contributed by atoms with Crippen molar-refractivity contribution in [2.45, 2.75) is 12.5 Å². The lowest BCUT2D eigenvalue weighted by atomic mass is 10.0. The number of carbonyl (C=O) groups is 2. The number of carboxylic acid groups (broad SMARTS) is 1. The largest absolute Gasteiger partial charge is 0.481 e. The monoisotopic (exact) mass is 340 g/mol. The van der Waals surface area contributed by atoms with Gasteiger partial charge in [0.2, 0.25) is 5.95 Å². The summed E-state index contributed by atoms with van der Waals surface area (Å²) in [5, 5.41) is 11.5. The molecule has 0 aliphatic heterocycles. The molecule has 0 saturated carbocycles. The Hall–Kier alpha value is -2.54. The van der Waals surface area contributed by atoms with Crippen LogP contribution in [0.2, 0.25) is 5.02 Å². The van der Waals surface area contributed by atoms with E-state index in [4.69, 9.17) is 16.7 Å². The lowest BCUT2D eigenvalue weighted by Gasteiger charge is -2.18. The van der Waals surface area contributed by atoms with E-state index in [9.17, 15) is 18.4 Å². The second-order valence-corrected chi connectivity index (χ2v) is 5.02. The third-order valence-electron chi connectivity index (χ3n) is 2.99. The second-order valence-electron chi connectivity index (χ2n) is 4.61. The number of pyridine rings is 1. The molecule has 0 aliphatic carbocycles. The van der Waals surface area contributed by atoms with Crippen molar-refractivity contribution in [2.75, 3.05) is 0 Å². The Morgan fingerprint density at radius 2 is 1.91 bits per heavy atom. The molecule has 5 nitrogen and oxygen atoms in total. The average molecular weight is 341 g/mol. The van der Waals surface area contributed by atoms with E-state index in [0.717, 1.165) is 12.1 Å². The van der Waals surface area contributed by atoms with Gasteiger partial charge in [-0.25, -0.2) is 9.37 Å². The summed E-state index contributed by atoms with van der Waals surface area (Å²) in [6, 6.07) is 6.83. The van der Waals surface area contributed by atoms with Gasteiger partial charge in [0, 0.05) is 5.02 Å². The van der Waals surface area contributed by atoms with Gasteiger partial charge in [0.25, 0.3) is 5.91 Å². The number of aromatic nitrogens is 1. The number of hydrogen-bond donors (Lipinski definition) is 2. The molecular weight excluding hydrogens is 330 g/mol. The lowest BCUT2D eigenvalue weighted by Crippen LogP contribution is -2.31. The third-order valence-corrected chi connectivity index (χ3v) is 3.34. The van der Waals surface area contributed by atoms with Crippen LogP contribution in [0.5, 0.6) is 0 Å². The first kappa shape index (κ1) is 16.8. The molecular formula is C15H11ClF2N2O3. The van der Waals surface area contributed by atoms with Gasteiger partial charge in [-0.1, -0.05) is 29.8 Å². The van der Waals surface area contributed by atoms with Crippen LogP contribution in [-0.2, 0) is 4.79 Å². The van der Waals surface area contributed by atoms with Gasteiger partial charge in [0.05, 0.1) is 12.5 Å². The summed E-state index contributed by atoms with van der Waals surface area (Å²) in [7, 11) is 0. The Kier molecular flexibility index (Phi) is 5.23. The van der Waals surface area contributed by atoms with Crippen molar-refractivity contribution >= 4 is 23.5 Å². The molecule has 1 heterocycles. The standard InChI is InChI=1S/C15H11ClF2N2O3/c16-9-4-2-1-3-8(9)11(7-13(21)22)19-15(23)14-10(17)5-6-12(18)20-14/h1-6,11H,7H2,(H,19,23)(H,21,22)/t11-/m0/s1. The van der Waals surface area contributed by atoms with E-state index in [0.29, 0.717) is 5.56 Å². The minimum absolute atomic E-state index is 0.242. The zero-order chi connectivity index (χ0) is 17.0. The fraction of sp³-hybridized carbons (Fsp3) is 0.133. The van der Waals surface area contributed by atoms with Crippen LogP contribution in [0.4, 0.5) is 8.78 Å². The number of aliphatic carboxylic acids is 1.